The molecule has 0 amide bonds. The molecule has 1 heterocycles. The van der Waals surface area contributed by atoms with E-state index in [9.17, 15) is 13.6 Å². The van der Waals surface area contributed by atoms with Crippen LogP contribution in [0.2, 0.25) is 0 Å². The van der Waals surface area contributed by atoms with Gasteiger partial charge in [0.2, 0.25) is 0 Å². The highest BCUT2D eigenvalue weighted by Crippen LogP contribution is 2.23. The van der Waals surface area contributed by atoms with Crippen LogP contribution in [0.4, 0.5) is 8.78 Å². The Morgan fingerprint density at radius 2 is 1.87 bits per heavy atom. The number of carbonyl (C=O) groups is 1. The van der Waals surface area contributed by atoms with E-state index in [-0.39, 0.29) is 17.9 Å². The van der Waals surface area contributed by atoms with Gasteiger partial charge in [-0.1, -0.05) is 42.5 Å². The van der Waals surface area contributed by atoms with Gasteiger partial charge in [0.25, 0.3) is 0 Å². The quantitative estimate of drug-likeness (QED) is 0.663. The smallest absolute Gasteiger partial charge is 0.358 e. The van der Waals surface area contributed by atoms with Gasteiger partial charge in [-0.2, -0.15) is 0 Å². The number of rotatable bonds is 4. The number of benzene rings is 2. The SMILES string of the molecule is O=C(OCc1cccc(F)c1F)c1csc(-c2ccccc2)n1. The zero-order valence-corrected chi connectivity index (χ0v) is 12.6. The van der Waals surface area contributed by atoms with E-state index in [0.29, 0.717) is 5.01 Å². The Labute approximate surface area is 135 Å². The van der Waals surface area contributed by atoms with Crippen LogP contribution in [-0.4, -0.2) is 11.0 Å². The highest BCUT2D eigenvalue weighted by Gasteiger charge is 2.15. The lowest BCUT2D eigenvalue weighted by atomic mass is 10.2. The number of halogens is 2. The predicted molar refractivity (Wildman–Crippen MR) is 83.0 cm³/mol. The van der Waals surface area contributed by atoms with Crippen LogP contribution < -0.4 is 0 Å². The largest absolute Gasteiger partial charge is 0.456 e. The molecule has 1 aromatic heterocycles. The van der Waals surface area contributed by atoms with Crippen LogP contribution in [-0.2, 0) is 11.3 Å². The van der Waals surface area contributed by atoms with Crippen molar-refractivity contribution < 1.29 is 18.3 Å². The van der Waals surface area contributed by atoms with Crippen LogP contribution in [0.1, 0.15) is 16.1 Å². The Hall–Kier alpha value is -2.60. The molecule has 0 unspecified atom stereocenters. The fourth-order valence-electron chi connectivity index (χ4n) is 1.96. The first-order valence-electron chi connectivity index (χ1n) is 6.76. The number of nitrogens with zero attached hydrogens (tertiary/aromatic N) is 1. The summed E-state index contributed by atoms with van der Waals surface area (Å²) in [6.45, 7) is -0.347. The molecule has 0 radical (unpaired) electrons. The lowest BCUT2D eigenvalue weighted by molar-refractivity contribution is 0.0462. The molecule has 23 heavy (non-hydrogen) atoms. The minimum absolute atomic E-state index is 0.0168. The highest BCUT2D eigenvalue weighted by atomic mass is 32.1. The summed E-state index contributed by atoms with van der Waals surface area (Å²) in [4.78, 5) is 16.2. The first kappa shape index (κ1) is 15.3. The Morgan fingerprint density at radius 1 is 1.09 bits per heavy atom. The number of hydrogen-bond acceptors (Lipinski definition) is 4. The zero-order chi connectivity index (χ0) is 16.2. The average molecular weight is 331 g/mol. The van der Waals surface area contributed by atoms with Crippen LogP contribution in [0.15, 0.2) is 53.9 Å². The van der Waals surface area contributed by atoms with Crippen molar-refractivity contribution in [1.29, 1.82) is 0 Å². The summed E-state index contributed by atoms with van der Waals surface area (Å²) in [6.07, 6.45) is 0. The van der Waals surface area contributed by atoms with Gasteiger partial charge in [0.1, 0.15) is 11.6 Å². The minimum Gasteiger partial charge on any atom is -0.456 e. The first-order valence-corrected chi connectivity index (χ1v) is 7.64. The fraction of sp³-hybridized carbons (Fsp3) is 0.0588. The molecule has 0 fully saturated rings. The van der Waals surface area contributed by atoms with Gasteiger partial charge in [-0.3, -0.25) is 0 Å². The van der Waals surface area contributed by atoms with Crippen molar-refractivity contribution in [1.82, 2.24) is 4.98 Å². The molecule has 0 saturated carbocycles. The molecule has 0 aliphatic heterocycles. The summed E-state index contributed by atoms with van der Waals surface area (Å²) in [5, 5.41) is 2.27. The van der Waals surface area contributed by atoms with Crippen molar-refractivity contribution in [3.8, 4) is 10.6 Å². The molecule has 0 saturated heterocycles. The lowest BCUT2D eigenvalue weighted by Gasteiger charge is -2.04. The van der Waals surface area contributed by atoms with Crippen molar-refractivity contribution in [2.45, 2.75) is 6.61 Å². The standard InChI is InChI=1S/C17H11F2NO2S/c18-13-8-4-7-12(15(13)19)9-22-17(21)14-10-23-16(20-14)11-5-2-1-3-6-11/h1-8,10H,9H2. The average Bonchev–Trinajstić information content (AvgIpc) is 3.07. The molecular weight excluding hydrogens is 320 g/mol. The van der Waals surface area contributed by atoms with Crippen LogP contribution in [0.3, 0.4) is 0 Å². The summed E-state index contributed by atoms with van der Waals surface area (Å²) < 4.78 is 31.6. The van der Waals surface area contributed by atoms with Crippen molar-refractivity contribution in [2.24, 2.45) is 0 Å². The summed E-state index contributed by atoms with van der Waals surface area (Å²) in [5.41, 5.74) is 1.02. The van der Waals surface area contributed by atoms with Crippen molar-refractivity contribution in [3.05, 3.63) is 76.8 Å². The molecule has 0 bridgehead atoms. The maximum absolute atomic E-state index is 13.5. The summed E-state index contributed by atoms with van der Waals surface area (Å²) >= 11 is 1.31. The van der Waals surface area contributed by atoms with E-state index < -0.39 is 17.6 Å². The van der Waals surface area contributed by atoms with E-state index in [1.165, 1.54) is 23.5 Å². The Bertz CT molecular complexity index is 834. The maximum atomic E-state index is 13.5. The molecule has 6 heteroatoms. The second kappa shape index (κ2) is 6.66. The molecule has 0 N–H and O–H groups in total. The van der Waals surface area contributed by atoms with Gasteiger partial charge in [0.05, 0.1) is 0 Å². The third kappa shape index (κ3) is 3.43. The summed E-state index contributed by atoms with van der Waals surface area (Å²) in [7, 11) is 0. The molecule has 3 aromatic rings. The number of hydrogen-bond donors (Lipinski definition) is 0. The minimum atomic E-state index is -1.01. The summed E-state index contributed by atoms with van der Waals surface area (Å²) in [6, 6.07) is 13.1. The van der Waals surface area contributed by atoms with E-state index in [4.69, 9.17) is 4.74 Å². The molecular formula is C17H11F2NO2S. The normalized spacial score (nSPS) is 10.5. The number of carbonyl (C=O) groups excluding carboxylic acids is 1. The van der Waals surface area contributed by atoms with E-state index in [0.717, 1.165) is 11.6 Å². The Balaban J connectivity index is 1.70. The fourth-order valence-corrected chi connectivity index (χ4v) is 2.75. The van der Waals surface area contributed by atoms with Crippen LogP contribution in [0.5, 0.6) is 0 Å². The van der Waals surface area contributed by atoms with Crippen LogP contribution in [0, 0.1) is 11.6 Å². The Kier molecular flexibility index (Phi) is 4.43. The van der Waals surface area contributed by atoms with Gasteiger partial charge in [-0.05, 0) is 6.07 Å². The van der Waals surface area contributed by atoms with E-state index >= 15 is 0 Å². The van der Waals surface area contributed by atoms with Crippen LogP contribution >= 0.6 is 11.3 Å². The van der Waals surface area contributed by atoms with Gasteiger partial charge in [0.15, 0.2) is 17.3 Å². The number of ether oxygens (including phenoxy) is 1. The van der Waals surface area contributed by atoms with Gasteiger partial charge in [-0.15, -0.1) is 11.3 Å². The first-order chi connectivity index (χ1) is 11.1. The van der Waals surface area contributed by atoms with Gasteiger partial charge in [0, 0.05) is 16.5 Å². The molecule has 3 nitrogen and oxygen atoms in total. The van der Waals surface area contributed by atoms with Gasteiger partial charge < -0.3 is 4.74 Å². The predicted octanol–water partition coefficient (Wildman–Crippen LogP) is 4.45. The third-order valence-electron chi connectivity index (χ3n) is 3.12. The van der Waals surface area contributed by atoms with Crippen molar-refractivity contribution in [2.75, 3.05) is 0 Å². The van der Waals surface area contributed by atoms with Crippen molar-refractivity contribution in [3.63, 3.8) is 0 Å². The highest BCUT2D eigenvalue weighted by molar-refractivity contribution is 7.13. The zero-order valence-electron chi connectivity index (χ0n) is 11.8. The second-order valence-electron chi connectivity index (χ2n) is 4.69. The lowest BCUT2D eigenvalue weighted by Crippen LogP contribution is -2.07. The number of aromatic nitrogens is 1. The molecule has 0 aliphatic carbocycles. The maximum Gasteiger partial charge on any atom is 0.358 e. The molecule has 0 aliphatic rings. The molecule has 2 aromatic carbocycles. The van der Waals surface area contributed by atoms with Crippen LogP contribution in [0.25, 0.3) is 10.6 Å². The second-order valence-corrected chi connectivity index (χ2v) is 5.55. The Morgan fingerprint density at radius 3 is 2.65 bits per heavy atom. The van der Waals surface area contributed by atoms with E-state index in [1.54, 1.807) is 5.38 Å². The van der Waals surface area contributed by atoms with Gasteiger partial charge in [-0.25, -0.2) is 18.6 Å². The summed E-state index contributed by atoms with van der Waals surface area (Å²) in [5.74, 6) is -2.66. The molecule has 0 spiro atoms. The van der Waals surface area contributed by atoms with Crippen molar-refractivity contribution >= 4 is 17.3 Å². The van der Waals surface area contributed by atoms with E-state index in [2.05, 4.69) is 4.98 Å². The molecule has 116 valence electrons. The molecule has 0 atom stereocenters. The number of esters is 1. The monoisotopic (exact) mass is 331 g/mol. The number of thiazole rings is 1. The topological polar surface area (TPSA) is 39.2 Å². The third-order valence-corrected chi connectivity index (χ3v) is 4.02. The van der Waals surface area contributed by atoms with Gasteiger partial charge >= 0.3 is 5.97 Å². The van der Waals surface area contributed by atoms with E-state index in [1.807, 2.05) is 30.3 Å². The molecule has 3 rings (SSSR count).